The Bertz CT molecular complexity index is 387. The minimum atomic E-state index is -4.42. The van der Waals surface area contributed by atoms with Gasteiger partial charge in [0.1, 0.15) is 0 Å². The maximum absolute atomic E-state index is 12.3. The average Bonchev–Trinajstić information content (AvgIpc) is 2.15. The van der Waals surface area contributed by atoms with Crippen molar-refractivity contribution in [2.75, 3.05) is 0 Å². The molecule has 0 aliphatic carbocycles. The van der Waals surface area contributed by atoms with Gasteiger partial charge in [-0.05, 0) is 0 Å². The topological polar surface area (TPSA) is 37.3 Å². The molecule has 0 heterocycles. The fourth-order valence-corrected chi connectivity index (χ4v) is 2.35. The van der Waals surface area contributed by atoms with Crippen LogP contribution in [-0.2, 0) is 6.18 Å². The first-order chi connectivity index (χ1) is 6.86. The molecule has 6 heteroatoms. The van der Waals surface area contributed by atoms with Crippen molar-refractivity contribution in [2.45, 2.75) is 12.0 Å². The molecule has 15 heavy (non-hydrogen) atoms. The minimum absolute atomic E-state index is 0.0505. The fraction of sp³-hybridized carbons (Fsp3) is 0.222. The molecule has 0 aliphatic rings. The summed E-state index contributed by atoms with van der Waals surface area (Å²) in [5, 5.41) is 8.72. The van der Waals surface area contributed by atoms with Gasteiger partial charge in [-0.3, -0.25) is 0 Å². The molecule has 2 nitrogen and oxygen atoms in total. The van der Waals surface area contributed by atoms with Crippen LogP contribution in [0, 0.1) is 0 Å². The van der Waals surface area contributed by atoms with Crippen LogP contribution >= 0.6 is 0 Å². The van der Waals surface area contributed by atoms with Crippen molar-refractivity contribution < 1.29 is 23.1 Å². The van der Waals surface area contributed by atoms with Crippen molar-refractivity contribution in [3.05, 3.63) is 29.3 Å². The summed E-state index contributed by atoms with van der Waals surface area (Å²) in [4.78, 5) is 10.7. The van der Waals surface area contributed by atoms with Crippen LogP contribution in [0.4, 0.5) is 13.2 Å². The van der Waals surface area contributed by atoms with Gasteiger partial charge >= 0.3 is 89.8 Å². The first-order valence-electron chi connectivity index (χ1n) is 3.85. The van der Waals surface area contributed by atoms with Gasteiger partial charge in [-0.15, -0.1) is 0 Å². The predicted octanol–water partition coefficient (Wildman–Crippen LogP) is 1.78. The summed E-state index contributed by atoms with van der Waals surface area (Å²) in [7, 11) is 0. The first-order valence-corrected chi connectivity index (χ1v) is 6.41. The van der Waals surface area contributed by atoms with Gasteiger partial charge in [-0.2, -0.15) is 0 Å². The van der Waals surface area contributed by atoms with Crippen molar-refractivity contribution in [1.29, 1.82) is 0 Å². The number of carboxylic acids is 1. The molecule has 0 saturated carbocycles. The standard InChI is InChI=1S/C9H7F3O2Se/c1-15-7-4-5(9(10,11)12)2-3-6(7)8(13)14/h2-4H,1H3,(H,13,14). The van der Waals surface area contributed by atoms with E-state index >= 15 is 0 Å². The molecule has 0 spiro atoms. The van der Waals surface area contributed by atoms with Gasteiger partial charge in [0.05, 0.1) is 0 Å². The normalized spacial score (nSPS) is 11.5. The molecule has 0 amide bonds. The van der Waals surface area contributed by atoms with E-state index in [1.807, 2.05) is 0 Å². The second kappa shape index (κ2) is 4.24. The number of alkyl halides is 3. The van der Waals surface area contributed by atoms with Crippen LogP contribution in [0.25, 0.3) is 0 Å². The van der Waals surface area contributed by atoms with Gasteiger partial charge in [0, 0.05) is 0 Å². The number of hydrogen-bond acceptors (Lipinski definition) is 1. The third-order valence-corrected chi connectivity index (χ3v) is 3.39. The Morgan fingerprint density at radius 3 is 2.40 bits per heavy atom. The average molecular weight is 283 g/mol. The fourth-order valence-electron chi connectivity index (χ4n) is 1.04. The zero-order valence-corrected chi connectivity index (χ0v) is 9.34. The first kappa shape index (κ1) is 12.1. The van der Waals surface area contributed by atoms with Gasteiger partial charge < -0.3 is 0 Å². The number of hydrogen-bond donors (Lipinski definition) is 1. The molecule has 0 aliphatic heterocycles. The van der Waals surface area contributed by atoms with Crippen LogP contribution in [0.15, 0.2) is 18.2 Å². The monoisotopic (exact) mass is 284 g/mol. The van der Waals surface area contributed by atoms with Crippen molar-refractivity contribution in [3.63, 3.8) is 0 Å². The molecule has 0 radical (unpaired) electrons. The van der Waals surface area contributed by atoms with Crippen LogP contribution in [0.3, 0.4) is 0 Å². The molecular formula is C9H7F3O2Se. The van der Waals surface area contributed by atoms with Crippen LogP contribution in [0.1, 0.15) is 15.9 Å². The number of carboxylic acid groups (broad SMARTS) is 1. The van der Waals surface area contributed by atoms with E-state index in [0.717, 1.165) is 18.2 Å². The number of benzene rings is 1. The number of carbonyl (C=O) groups is 1. The van der Waals surface area contributed by atoms with Crippen LogP contribution in [0.2, 0.25) is 5.82 Å². The molecule has 0 fully saturated rings. The molecule has 0 saturated heterocycles. The summed E-state index contributed by atoms with van der Waals surface area (Å²) in [5.41, 5.74) is -0.850. The second-order valence-corrected chi connectivity index (χ2v) is 4.50. The predicted molar refractivity (Wildman–Crippen MR) is 49.7 cm³/mol. The Labute approximate surface area is 90.3 Å². The molecule has 82 valence electrons. The third-order valence-electron chi connectivity index (χ3n) is 1.76. The Morgan fingerprint density at radius 2 is 2.00 bits per heavy atom. The zero-order chi connectivity index (χ0) is 11.6. The molecule has 0 bridgehead atoms. The van der Waals surface area contributed by atoms with Gasteiger partial charge in [0.2, 0.25) is 0 Å². The Balaban J connectivity index is 3.25. The van der Waals surface area contributed by atoms with E-state index in [1.54, 1.807) is 5.82 Å². The molecule has 1 aromatic rings. The summed E-state index contributed by atoms with van der Waals surface area (Å²) in [6.07, 6.45) is -4.42. The summed E-state index contributed by atoms with van der Waals surface area (Å²) < 4.78 is 37.1. The molecule has 0 atom stereocenters. The number of halogens is 3. The van der Waals surface area contributed by atoms with E-state index in [1.165, 1.54) is 0 Å². The summed E-state index contributed by atoms with van der Waals surface area (Å²) >= 11 is -0.283. The van der Waals surface area contributed by atoms with E-state index in [4.69, 9.17) is 5.11 Å². The van der Waals surface area contributed by atoms with E-state index in [0.29, 0.717) is 0 Å². The van der Waals surface area contributed by atoms with Crippen molar-refractivity contribution in [1.82, 2.24) is 0 Å². The zero-order valence-electron chi connectivity index (χ0n) is 7.63. The Kier molecular flexibility index (Phi) is 3.42. The summed E-state index contributed by atoms with van der Waals surface area (Å²) in [5.74, 6) is 0.483. The Hall–Kier alpha value is -1.00. The molecular weight excluding hydrogens is 276 g/mol. The second-order valence-electron chi connectivity index (χ2n) is 2.72. The summed E-state index contributed by atoms with van der Waals surface area (Å²) in [6, 6.07) is 2.70. The number of rotatable bonds is 2. The van der Waals surface area contributed by atoms with E-state index in [9.17, 15) is 18.0 Å². The SMILES string of the molecule is C[Se]c1cc(C(F)(F)F)ccc1C(=O)O. The van der Waals surface area contributed by atoms with E-state index in [2.05, 4.69) is 0 Å². The van der Waals surface area contributed by atoms with Crippen LogP contribution in [0.5, 0.6) is 0 Å². The van der Waals surface area contributed by atoms with E-state index in [-0.39, 0.29) is 25.0 Å². The quantitative estimate of drug-likeness (QED) is 0.840. The van der Waals surface area contributed by atoms with Gasteiger partial charge in [-0.25, -0.2) is 0 Å². The molecule has 1 rings (SSSR count). The van der Waals surface area contributed by atoms with E-state index < -0.39 is 17.7 Å². The third kappa shape index (κ3) is 2.73. The summed E-state index contributed by atoms with van der Waals surface area (Å²) in [6.45, 7) is 0. The Morgan fingerprint density at radius 1 is 1.40 bits per heavy atom. The number of aromatic carboxylic acids is 1. The van der Waals surface area contributed by atoms with Gasteiger partial charge in [0.15, 0.2) is 0 Å². The molecule has 1 N–H and O–H groups in total. The van der Waals surface area contributed by atoms with Crippen LogP contribution in [-0.4, -0.2) is 26.0 Å². The van der Waals surface area contributed by atoms with Gasteiger partial charge in [0.25, 0.3) is 0 Å². The molecule has 1 aromatic carbocycles. The molecule has 0 aromatic heterocycles. The van der Waals surface area contributed by atoms with Crippen LogP contribution < -0.4 is 4.46 Å². The molecule has 0 unspecified atom stereocenters. The maximum atomic E-state index is 12.3. The van der Waals surface area contributed by atoms with Crippen molar-refractivity contribution in [2.24, 2.45) is 0 Å². The van der Waals surface area contributed by atoms with Crippen molar-refractivity contribution in [3.8, 4) is 0 Å². The van der Waals surface area contributed by atoms with Gasteiger partial charge in [-0.1, -0.05) is 0 Å². The van der Waals surface area contributed by atoms with Crippen molar-refractivity contribution >= 4 is 25.4 Å².